The van der Waals surface area contributed by atoms with E-state index in [1.807, 2.05) is 6.07 Å². The molecule has 1 aromatic heterocycles. The quantitative estimate of drug-likeness (QED) is 0.830. The summed E-state index contributed by atoms with van der Waals surface area (Å²) in [5.41, 5.74) is -0.899. The van der Waals surface area contributed by atoms with E-state index < -0.39 is 17.0 Å². The number of aliphatic carboxylic acids is 1. The van der Waals surface area contributed by atoms with E-state index in [2.05, 4.69) is 10.2 Å². The molecule has 7 nitrogen and oxygen atoms in total. The van der Waals surface area contributed by atoms with E-state index in [1.165, 1.54) is 16.7 Å². The zero-order chi connectivity index (χ0) is 14.4. The molecule has 2 unspecified atom stereocenters. The van der Waals surface area contributed by atoms with Gasteiger partial charge in [0.15, 0.2) is 0 Å². The highest BCUT2D eigenvalue weighted by atomic mass is 32.2. The molecule has 2 saturated heterocycles. The molecule has 8 heteroatoms. The maximum atomic E-state index is 12.7. The van der Waals surface area contributed by atoms with E-state index in [0.717, 1.165) is 12.0 Å². The Morgan fingerprint density at radius 3 is 3.14 bits per heavy atom. The number of nitrogens with zero attached hydrogens (tertiary/aromatic N) is 3. The van der Waals surface area contributed by atoms with Crippen LogP contribution in [0.4, 0.5) is 0 Å². The van der Waals surface area contributed by atoms with Gasteiger partial charge >= 0.3 is 5.97 Å². The second-order valence-electron chi connectivity index (χ2n) is 5.96. The Hall–Kier alpha value is -1.83. The van der Waals surface area contributed by atoms with E-state index >= 15 is 0 Å². The lowest BCUT2D eigenvalue weighted by atomic mass is 9.86. The minimum Gasteiger partial charge on any atom is -0.478 e. The summed E-state index contributed by atoms with van der Waals surface area (Å²) < 4.78 is 5.10. The Morgan fingerprint density at radius 1 is 1.57 bits per heavy atom. The van der Waals surface area contributed by atoms with Gasteiger partial charge in [0.05, 0.1) is 35.1 Å². The van der Waals surface area contributed by atoms with Crippen molar-refractivity contribution >= 4 is 23.6 Å². The van der Waals surface area contributed by atoms with Crippen molar-refractivity contribution in [3.05, 3.63) is 24.2 Å². The molecular formula is C13H11N3O4S. The molecule has 1 N–H and O–H groups in total. The van der Waals surface area contributed by atoms with Crippen LogP contribution in [0.15, 0.2) is 33.2 Å². The Morgan fingerprint density at radius 2 is 2.43 bits per heavy atom. The molecule has 1 amide bonds. The molecule has 1 aliphatic carbocycles. The lowest BCUT2D eigenvalue weighted by Gasteiger charge is -2.47. The van der Waals surface area contributed by atoms with Gasteiger partial charge in [-0.05, 0) is 18.1 Å². The van der Waals surface area contributed by atoms with Gasteiger partial charge in [-0.15, -0.1) is 11.8 Å². The molecule has 0 radical (unpaired) electrons. The molecule has 0 bridgehead atoms. The summed E-state index contributed by atoms with van der Waals surface area (Å²) in [4.78, 5) is 25.9. The topological polar surface area (TPSA) is 95.5 Å². The summed E-state index contributed by atoms with van der Waals surface area (Å²) in [6, 6.07) is 1.88. The summed E-state index contributed by atoms with van der Waals surface area (Å²) in [6.45, 7) is 0.365. The van der Waals surface area contributed by atoms with Crippen LogP contribution in [0.2, 0.25) is 0 Å². The van der Waals surface area contributed by atoms with Crippen molar-refractivity contribution in [2.24, 2.45) is 15.6 Å². The van der Waals surface area contributed by atoms with Gasteiger partial charge in [-0.3, -0.25) is 9.69 Å². The first-order valence-electron chi connectivity index (χ1n) is 6.76. The zero-order valence-corrected chi connectivity index (χ0v) is 11.6. The third-order valence-electron chi connectivity index (χ3n) is 5.14. The molecule has 1 spiro atoms. The van der Waals surface area contributed by atoms with Crippen LogP contribution in [0.3, 0.4) is 0 Å². The molecule has 4 aliphatic rings. The fraction of sp³-hybridized carbons (Fsp3) is 0.538. The summed E-state index contributed by atoms with van der Waals surface area (Å²) in [6.07, 6.45) is 4.04. The highest BCUT2D eigenvalue weighted by Gasteiger charge is 2.84. The highest BCUT2D eigenvalue weighted by molar-refractivity contribution is 8.01. The number of furan rings is 1. The molecule has 4 heterocycles. The highest BCUT2D eigenvalue weighted by Crippen LogP contribution is 2.75. The monoisotopic (exact) mass is 305 g/mol. The van der Waals surface area contributed by atoms with Gasteiger partial charge in [0, 0.05) is 5.92 Å². The van der Waals surface area contributed by atoms with E-state index in [9.17, 15) is 14.7 Å². The van der Waals surface area contributed by atoms with E-state index in [1.54, 1.807) is 12.5 Å². The normalized spacial score (nSPS) is 45.6. The van der Waals surface area contributed by atoms with Gasteiger partial charge in [-0.25, -0.2) is 4.79 Å². The minimum absolute atomic E-state index is 0.100. The fourth-order valence-electron chi connectivity index (χ4n) is 3.99. The number of thioether (sulfide) groups is 1. The van der Waals surface area contributed by atoms with Gasteiger partial charge in [-0.2, -0.15) is 10.2 Å². The maximum absolute atomic E-state index is 12.7. The van der Waals surface area contributed by atoms with Gasteiger partial charge < -0.3 is 9.52 Å². The lowest BCUT2D eigenvalue weighted by molar-refractivity contribution is -0.174. The van der Waals surface area contributed by atoms with Gasteiger partial charge in [0.2, 0.25) is 5.91 Å². The van der Waals surface area contributed by atoms with Crippen molar-refractivity contribution in [3.8, 4) is 0 Å². The fourth-order valence-corrected chi connectivity index (χ4v) is 5.89. The molecule has 5 rings (SSSR count). The number of hydrogen-bond acceptors (Lipinski definition) is 6. The van der Waals surface area contributed by atoms with Crippen molar-refractivity contribution in [2.75, 3.05) is 6.54 Å². The first kappa shape index (κ1) is 11.8. The number of fused-ring (bicyclic) bond motifs is 4. The van der Waals surface area contributed by atoms with Crippen LogP contribution < -0.4 is 0 Å². The third-order valence-corrected chi connectivity index (χ3v) is 6.83. The summed E-state index contributed by atoms with van der Waals surface area (Å²) >= 11 is 1.54. The smallest absolute Gasteiger partial charge is 0.355 e. The molecule has 1 saturated carbocycles. The van der Waals surface area contributed by atoms with E-state index in [-0.39, 0.29) is 22.4 Å². The molecule has 5 atom stereocenters. The van der Waals surface area contributed by atoms with Gasteiger partial charge in [0.25, 0.3) is 5.66 Å². The lowest BCUT2D eigenvalue weighted by Crippen LogP contribution is -2.69. The predicted octanol–water partition coefficient (Wildman–Crippen LogP) is 1.28. The second kappa shape index (κ2) is 3.32. The molecule has 21 heavy (non-hydrogen) atoms. The van der Waals surface area contributed by atoms with Crippen molar-refractivity contribution < 1.29 is 19.1 Å². The maximum Gasteiger partial charge on any atom is 0.355 e. The average molecular weight is 305 g/mol. The number of amides is 1. The van der Waals surface area contributed by atoms with Crippen molar-refractivity contribution in [3.63, 3.8) is 0 Å². The van der Waals surface area contributed by atoms with Crippen LogP contribution >= 0.6 is 11.8 Å². The van der Waals surface area contributed by atoms with Gasteiger partial charge in [-0.1, -0.05) is 0 Å². The van der Waals surface area contributed by atoms with Crippen LogP contribution in [0, 0.1) is 5.41 Å². The second-order valence-corrected chi connectivity index (χ2v) is 7.25. The molecular weight excluding hydrogens is 294 g/mol. The number of carbonyl (C=O) groups excluding carboxylic acids is 1. The Bertz CT molecular complexity index is 704. The number of carbonyl (C=O) groups is 2. The van der Waals surface area contributed by atoms with Crippen LogP contribution in [0.25, 0.3) is 0 Å². The molecule has 3 aliphatic heterocycles. The number of rotatable bonds is 2. The molecule has 1 aromatic rings. The molecule has 3 fully saturated rings. The van der Waals surface area contributed by atoms with Crippen molar-refractivity contribution in [1.82, 2.24) is 4.90 Å². The van der Waals surface area contributed by atoms with E-state index in [4.69, 9.17) is 4.42 Å². The van der Waals surface area contributed by atoms with Crippen molar-refractivity contribution in [2.45, 2.75) is 28.6 Å². The number of hydrogen-bond donors (Lipinski definition) is 1. The predicted molar refractivity (Wildman–Crippen MR) is 70.6 cm³/mol. The summed E-state index contributed by atoms with van der Waals surface area (Å²) in [5.74, 6) is -1.04. The first-order valence-corrected chi connectivity index (χ1v) is 7.70. The Balaban J connectivity index is 1.54. The number of carboxylic acids is 1. The Labute approximate surface area is 123 Å². The number of carboxylic acid groups (broad SMARTS) is 1. The summed E-state index contributed by atoms with van der Waals surface area (Å²) in [5, 5.41) is 17.0. The van der Waals surface area contributed by atoms with Crippen LogP contribution in [-0.4, -0.2) is 44.7 Å². The molecule has 108 valence electrons. The third kappa shape index (κ3) is 1.05. The number of azo groups is 1. The minimum atomic E-state index is -1.47. The Kier molecular flexibility index (Phi) is 1.86. The number of β-lactam (4-membered cyclic amide) rings is 1. The zero-order valence-electron chi connectivity index (χ0n) is 10.8. The van der Waals surface area contributed by atoms with Crippen LogP contribution in [0.5, 0.6) is 0 Å². The summed E-state index contributed by atoms with van der Waals surface area (Å²) in [7, 11) is 0. The standard InChI is InChI=1S/C13H11N3O4S/c17-9-12(3-7(12)6-1-2-20-5-6)10-16(9)13(11(18)19)8(21-10)4-14-15-13/h1-2,5,7-8,10H,3-4H2,(H,18,19)/t7-,8?,10+,12-,13?/m0/s1. The molecule has 0 aromatic carbocycles. The van der Waals surface area contributed by atoms with Crippen molar-refractivity contribution in [1.29, 1.82) is 0 Å². The van der Waals surface area contributed by atoms with Crippen LogP contribution in [-0.2, 0) is 9.59 Å². The average Bonchev–Trinajstić information content (AvgIpc) is 2.85. The largest absolute Gasteiger partial charge is 0.478 e. The van der Waals surface area contributed by atoms with Crippen LogP contribution in [0.1, 0.15) is 17.9 Å². The SMILES string of the molecule is O=C(O)C12N=NCC1S[C@H]1N2C(=O)[C@@]12C[C@H]2c1ccoc1. The van der Waals surface area contributed by atoms with E-state index in [0.29, 0.717) is 6.54 Å². The first-order chi connectivity index (χ1) is 10.1. The van der Waals surface area contributed by atoms with Gasteiger partial charge in [0.1, 0.15) is 0 Å².